The lowest BCUT2D eigenvalue weighted by Gasteiger charge is -2.34. The van der Waals surface area contributed by atoms with Gasteiger partial charge in [0.05, 0.1) is 22.1 Å². The van der Waals surface area contributed by atoms with Crippen LogP contribution in [-0.2, 0) is 22.6 Å². The van der Waals surface area contributed by atoms with Gasteiger partial charge in [-0.1, -0.05) is 84.4 Å². The van der Waals surface area contributed by atoms with Gasteiger partial charge < -0.3 is 4.74 Å². The van der Waals surface area contributed by atoms with E-state index in [1.807, 2.05) is 67.6 Å². The predicted octanol–water partition coefficient (Wildman–Crippen LogP) is 8.19. The fourth-order valence-corrected chi connectivity index (χ4v) is 5.75. The fraction of sp³-hybridized carbons (Fsp3) is 0.273. The Morgan fingerprint density at radius 2 is 1.53 bits per heavy atom. The van der Waals surface area contributed by atoms with Crippen molar-refractivity contribution in [2.75, 3.05) is 19.4 Å². The van der Waals surface area contributed by atoms with Crippen LogP contribution in [0, 0.1) is 11.9 Å². The van der Waals surface area contributed by atoms with Crippen LogP contribution >= 0.6 is 11.6 Å². The van der Waals surface area contributed by atoms with Crippen molar-refractivity contribution in [1.29, 1.82) is 0 Å². The standard InChI is InChI=1S/C33H31ClF4NO3S/c1-23(16-17-42-28-18-27(35)19-29(20-28)43(2,40)41)39(21-26-14-9-15-31(32(26)34)33(36,37)38)22-30(24-10-5-3-6-11-24)25-12-7-4-8-13-25/h3-15,18,20,23,30H,16-17,21-22H2,1-2H3/t23-/m0/s1. The van der Waals surface area contributed by atoms with Crippen LogP contribution in [-0.4, -0.2) is 38.8 Å². The topological polar surface area (TPSA) is 46.6 Å². The summed E-state index contributed by atoms with van der Waals surface area (Å²) < 4.78 is 84.5. The van der Waals surface area contributed by atoms with E-state index >= 15 is 0 Å². The summed E-state index contributed by atoms with van der Waals surface area (Å²) in [6.45, 7) is 2.61. The molecule has 4 aromatic rings. The van der Waals surface area contributed by atoms with Gasteiger partial charge in [-0.25, -0.2) is 12.8 Å². The van der Waals surface area contributed by atoms with E-state index in [1.54, 1.807) is 6.07 Å². The maximum Gasteiger partial charge on any atom is 0.417 e. The molecule has 0 aromatic heterocycles. The molecule has 4 aromatic carbocycles. The molecule has 0 aliphatic heterocycles. The maximum absolute atomic E-state index is 14.0. The molecule has 1 radical (unpaired) electrons. The lowest BCUT2D eigenvalue weighted by Crippen LogP contribution is -2.37. The van der Waals surface area contributed by atoms with Gasteiger partial charge >= 0.3 is 6.18 Å². The lowest BCUT2D eigenvalue weighted by molar-refractivity contribution is -0.137. The molecule has 10 heteroatoms. The normalized spacial score (nSPS) is 13.0. The molecule has 0 spiro atoms. The van der Waals surface area contributed by atoms with Crippen LogP contribution in [0.1, 0.15) is 41.5 Å². The first-order chi connectivity index (χ1) is 20.3. The molecular formula is C33H31ClF4NO3S. The van der Waals surface area contributed by atoms with E-state index in [2.05, 4.69) is 11.0 Å². The second-order valence-electron chi connectivity index (χ2n) is 10.4. The van der Waals surface area contributed by atoms with E-state index in [0.717, 1.165) is 29.5 Å². The Morgan fingerprint density at radius 1 is 0.930 bits per heavy atom. The molecule has 0 bridgehead atoms. The highest BCUT2D eigenvalue weighted by Crippen LogP contribution is 2.37. The van der Waals surface area contributed by atoms with E-state index in [0.29, 0.717) is 18.5 Å². The molecule has 0 saturated carbocycles. The van der Waals surface area contributed by atoms with Crippen LogP contribution in [0.2, 0.25) is 5.02 Å². The summed E-state index contributed by atoms with van der Waals surface area (Å²) in [5, 5.41) is -0.344. The average molecular weight is 633 g/mol. The van der Waals surface area contributed by atoms with E-state index in [9.17, 15) is 26.0 Å². The number of hydrogen-bond acceptors (Lipinski definition) is 4. The summed E-state index contributed by atoms with van der Waals surface area (Å²) in [4.78, 5) is 1.74. The average Bonchev–Trinajstić information content (AvgIpc) is 2.95. The zero-order valence-electron chi connectivity index (χ0n) is 23.6. The number of alkyl halides is 3. The van der Waals surface area contributed by atoms with Gasteiger partial charge in [-0.3, -0.25) is 4.90 Å². The third-order valence-electron chi connectivity index (χ3n) is 7.19. The minimum atomic E-state index is -4.60. The van der Waals surface area contributed by atoms with Crippen LogP contribution in [0.25, 0.3) is 0 Å². The van der Waals surface area contributed by atoms with E-state index < -0.39 is 27.4 Å². The third-order valence-corrected chi connectivity index (χ3v) is 8.66. The number of nitrogens with zero attached hydrogens (tertiary/aromatic N) is 1. The molecule has 0 aliphatic carbocycles. The molecular weight excluding hydrogens is 602 g/mol. The second kappa shape index (κ2) is 13.9. The van der Waals surface area contributed by atoms with Gasteiger partial charge in [0.15, 0.2) is 9.84 Å². The van der Waals surface area contributed by atoms with Gasteiger partial charge in [0.25, 0.3) is 0 Å². The van der Waals surface area contributed by atoms with Gasteiger partial charge in [-0.05, 0) is 42.2 Å². The van der Waals surface area contributed by atoms with Gasteiger partial charge in [-0.2, -0.15) is 13.2 Å². The minimum Gasteiger partial charge on any atom is -0.493 e. The van der Waals surface area contributed by atoms with Crippen LogP contribution in [0.4, 0.5) is 17.6 Å². The number of rotatable bonds is 12. The summed E-state index contributed by atoms with van der Waals surface area (Å²) >= 11 is 6.30. The smallest absolute Gasteiger partial charge is 0.417 e. The van der Waals surface area contributed by atoms with Crippen molar-refractivity contribution in [2.24, 2.45) is 0 Å². The van der Waals surface area contributed by atoms with E-state index in [-0.39, 0.29) is 40.8 Å². The lowest BCUT2D eigenvalue weighted by atomic mass is 9.90. The number of sulfone groups is 1. The highest BCUT2D eigenvalue weighted by Gasteiger charge is 2.34. The van der Waals surface area contributed by atoms with Crippen LogP contribution < -0.4 is 4.74 Å². The van der Waals surface area contributed by atoms with Crippen molar-refractivity contribution >= 4 is 21.4 Å². The van der Waals surface area contributed by atoms with Crippen molar-refractivity contribution in [3.63, 3.8) is 0 Å². The highest BCUT2D eigenvalue weighted by atomic mass is 35.5. The Morgan fingerprint density at radius 3 is 2.09 bits per heavy atom. The Hall–Kier alpha value is -3.40. The summed E-state index contributed by atoms with van der Waals surface area (Å²) in [5.74, 6) is -0.922. The maximum atomic E-state index is 14.0. The van der Waals surface area contributed by atoms with Gasteiger partial charge in [0.1, 0.15) is 11.6 Å². The van der Waals surface area contributed by atoms with E-state index in [1.165, 1.54) is 12.1 Å². The molecule has 43 heavy (non-hydrogen) atoms. The van der Waals surface area contributed by atoms with E-state index in [4.69, 9.17) is 16.3 Å². The molecule has 227 valence electrons. The Bertz CT molecular complexity index is 1580. The number of ether oxygens (including phenoxy) is 1. The Kier molecular flexibility index (Phi) is 10.5. The molecule has 0 fully saturated rings. The Labute approximate surface area is 254 Å². The fourth-order valence-electron chi connectivity index (χ4n) is 4.85. The van der Waals surface area contributed by atoms with Crippen molar-refractivity contribution in [3.05, 3.63) is 130 Å². The first kappa shape index (κ1) is 32.5. The number of hydrogen-bond donors (Lipinski definition) is 0. The first-order valence-electron chi connectivity index (χ1n) is 13.6. The molecule has 0 saturated heterocycles. The van der Waals surface area contributed by atoms with Crippen molar-refractivity contribution in [1.82, 2.24) is 4.90 Å². The number of benzene rings is 4. The minimum absolute atomic E-state index is 0.0443. The molecule has 0 amide bonds. The molecule has 4 rings (SSSR count). The van der Waals surface area contributed by atoms with Crippen LogP contribution in [0.3, 0.4) is 0 Å². The van der Waals surface area contributed by atoms with Crippen molar-refractivity contribution in [3.8, 4) is 5.75 Å². The largest absolute Gasteiger partial charge is 0.493 e. The summed E-state index contributed by atoms with van der Waals surface area (Å²) in [5.41, 5.74) is 1.53. The molecule has 0 N–H and O–H groups in total. The van der Waals surface area contributed by atoms with Gasteiger partial charge in [0.2, 0.25) is 0 Å². The molecule has 4 nitrogen and oxygen atoms in total. The van der Waals surface area contributed by atoms with Crippen molar-refractivity contribution < 1.29 is 30.7 Å². The van der Waals surface area contributed by atoms with Gasteiger partial charge in [0, 0.05) is 43.4 Å². The summed E-state index contributed by atoms with van der Waals surface area (Å²) in [6, 6.07) is 27.8. The quantitative estimate of drug-likeness (QED) is 0.148. The molecule has 0 aliphatic rings. The second-order valence-corrected chi connectivity index (χ2v) is 12.7. The highest BCUT2D eigenvalue weighted by molar-refractivity contribution is 7.90. The predicted molar refractivity (Wildman–Crippen MR) is 160 cm³/mol. The van der Waals surface area contributed by atoms with Crippen molar-refractivity contribution in [2.45, 2.75) is 42.9 Å². The summed E-state index contributed by atoms with van der Waals surface area (Å²) in [6.07, 6.45) is -3.24. The van der Waals surface area contributed by atoms with Crippen LogP contribution in [0.5, 0.6) is 5.75 Å². The molecule has 0 heterocycles. The summed E-state index contributed by atoms with van der Waals surface area (Å²) in [7, 11) is -3.70. The monoisotopic (exact) mass is 632 g/mol. The van der Waals surface area contributed by atoms with Crippen LogP contribution in [0.15, 0.2) is 95.9 Å². The SMILES string of the molecule is C[C@@H](CCOc1cc(F)[c]c(S(C)(=O)=O)c1)N(Cc1cccc(C(F)(F)F)c1Cl)CC(c1ccccc1)c1ccccc1. The van der Waals surface area contributed by atoms with Gasteiger partial charge in [-0.15, -0.1) is 0 Å². The zero-order valence-corrected chi connectivity index (χ0v) is 25.2. The molecule has 1 atom stereocenters. The molecule has 0 unspecified atom stereocenters. The Balaban J connectivity index is 1.62. The zero-order chi connectivity index (χ0) is 31.2. The first-order valence-corrected chi connectivity index (χ1v) is 15.8. The third kappa shape index (κ3) is 8.81. The number of halogens is 5.